The molecule has 1 aromatic rings. The molecule has 1 aromatic carbocycles. The zero-order valence-corrected chi connectivity index (χ0v) is 10.3. The molecule has 4 heteroatoms. The minimum Gasteiger partial charge on any atom is -0.370 e. The van der Waals surface area contributed by atoms with Crippen LogP contribution in [0.5, 0.6) is 0 Å². The van der Waals surface area contributed by atoms with Gasteiger partial charge in [-0.1, -0.05) is 24.6 Å². The minimum absolute atomic E-state index is 0.0464. The molecule has 0 saturated carbocycles. The molecule has 3 nitrogen and oxygen atoms in total. The van der Waals surface area contributed by atoms with Gasteiger partial charge in [0.15, 0.2) is 5.96 Å². The number of benzene rings is 1. The Labute approximate surface area is 101 Å². The largest absolute Gasteiger partial charge is 0.370 e. The average Bonchev–Trinajstić information content (AvgIpc) is 2.65. The predicted molar refractivity (Wildman–Crippen MR) is 67.4 cm³/mol. The van der Waals surface area contributed by atoms with Crippen LogP contribution in [0.2, 0.25) is 0 Å². The van der Waals surface area contributed by atoms with Crippen molar-refractivity contribution in [2.24, 2.45) is 10.7 Å². The summed E-state index contributed by atoms with van der Waals surface area (Å²) >= 11 is 0. The van der Waals surface area contributed by atoms with E-state index >= 15 is 0 Å². The van der Waals surface area contributed by atoms with Crippen molar-refractivity contribution in [2.75, 3.05) is 13.1 Å². The van der Waals surface area contributed by atoms with Crippen LogP contribution in [0.3, 0.4) is 0 Å². The number of hydrogen-bond donors (Lipinski definition) is 1. The molecule has 0 fully saturated rings. The molecule has 2 N–H and O–H groups in total. The molecule has 0 amide bonds. The first-order valence-electron chi connectivity index (χ1n) is 5.96. The van der Waals surface area contributed by atoms with Gasteiger partial charge in [-0.05, 0) is 19.4 Å². The summed E-state index contributed by atoms with van der Waals surface area (Å²) in [5.74, 6) is 0.351. The number of aliphatic imine (C=N–C) groups is 1. The third-order valence-corrected chi connectivity index (χ3v) is 3.07. The van der Waals surface area contributed by atoms with Crippen LogP contribution in [0, 0.1) is 12.7 Å². The van der Waals surface area contributed by atoms with E-state index in [2.05, 4.69) is 11.9 Å². The van der Waals surface area contributed by atoms with Crippen LogP contribution < -0.4 is 5.73 Å². The highest BCUT2D eigenvalue weighted by Gasteiger charge is 2.28. The van der Waals surface area contributed by atoms with E-state index in [1.54, 1.807) is 6.07 Å². The molecule has 0 radical (unpaired) electrons. The van der Waals surface area contributed by atoms with Crippen molar-refractivity contribution >= 4 is 5.96 Å². The summed E-state index contributed by atoms with van der Waals surface area (Å²) < 4.78 is 13.8. The Hall–Kier alpha value is -1.58. The fourth-order valence-corrected chi connectivity index (χ4v) is 2.23. The standard InChI is InChI=1S/C13H18FN3/c1-3-6-17-12(8-16-13(17)15)10-7-9(2)4-5-11(10)14/h4-5,7,12H,3,6,8H2,1-2H3,(H2,15,16). The van der Waals surface area contributed by atoms with E-state index in [1.807, 2.05) is 17.9 Å². The third-order valence-electron chi connectivity index (χ3n) is 3.07. The number of guanidine groups is 1. The first-order valence-corrected chi connectivity index (χ1v) is 5.96. The maximum Gasteiger partial charge on any atom is 0.191 e. The van der Waals surface area contributed by atoms with E-state index in [9.17, 15) is 4.39 Å². The fraction of sp³-hybridized carbons (Fsp3) is 0.462. The molecule has 0 saturated heterocycles. The summed E-state index contributed by atoms with van der Waals surface area (Å²) in [6.45, 7) is 5.40. The zero-order valence-electron chi connectivity index (χ0n) is 10.3. The highest BCUT2D eigenvalue weighted by molar-refractivity contribution is 5.80. The van der Waals surface area contributed by atoms with Crippen molar-refractivity contribution in [1.82, 2.24) is 4.90 Å². The summed E-state index contributed by atoms with van der Waals surface area (Å²) in [4.78, 5) is 6.20. The molecular formula is C13H18FN3. The smallest absolute Gasteiger partial charge is 0.191 e. The van der Waals surface area contributed by atoms with Gasteiger partial charge in [0.2, 0.25) is 0 Å². The lowest BCUT2D eigenvalue weighted by Crippen LogP contribution is -2.36. The number of halogens is 1. The molecule has 1 unspecified atom stereocenters. The summed E-state index contributed by atoms with van der Waals surface area (Å²) in [6.07, 6.45) is 0.972. The Bertz CT molecular complexity index is 442. The molecule has 0 bridgehead atoms. The first-order chi connectivity index (χ1) is 8.13. The second-order valence-electron chi connectivity index (χ2n) is 4.43. The van der Waals surface area contributed by atoms with Crippen LogP contribution in [-0.4, -0.2) is 23.9 Å². The molecule has 0 spiro atoms. The van der Waals surface area contributed by atoms with Crippen LogP contribution in [0.4, 0.5) is 4.39 Å². The fourth-order valence-electron chi connectivity index (χ4n) is 2.23. The number of aryl methyl sites for hydroxylation is 1. The lowest BCUT2D eigenvalue weighted by atomic mass is 10.0. The molecule has 17 heavy (non-hydrogen) atoms. The Kier molecular flexibility index (Phi) is 3.31. The summed E-state index contributed by atoms with van der Waals surface area (Å²) in [5.41, 5.74) is 7.59. The molecule has 1 aliphatic rings. The van der Waals surface area contributed by atoms with Crippen LogP contribution in [-0.2, 0) is 0 Å². The molecule has 92 valence electrons. The Morgan fingerprint density at radius 1 is 1.53 bits per heavy atom. The molecular weight excluding hydrogens is 217 g/mol. The zero-order chi connectivity index (χ0) is 12.4. The number of rotatable bonds is 3. The van der Waals surface area contributed by atoms with Crippen molar-refractivity contribution in [2.45, 2.75) is 26.3 Å². The topological polar surface area (TPSA) is 41.6 Å². The highest BCUT2D eigenvalue weighted by Crippen LogP contribution is 2.28. The maximum atomic E-state index is 13.8. The van der Waals surface area contributed by atoms with Crippen molar-refractivity contribution in [1.29, 1.82) is 0 Å². The van der Waals surface area contributed by atoms with E-state index in [0.29, 0.717) is 18.1 Å². The second-order valence-corrected chi connectivity index (χ2v) is 4.43. The monoisotopic (exact) mass is 235 g/mol. The summed E-state index contributed by atoms with van der Waals surface area (Å²) in [7, 11) is 0. The third kappa shape index (κ3) is 2.25. The quantitative estimate of drug-likeness (QED) is 0.872. The molecule has 1 heterocycles. The molecule has 0 aromatic heterocycles. The molecule has 0 aliphatic carbocycles. The van der Waals surface area contributed by atoms with Gasteiger partial charge >= 0.3 is 0 Å². The van der Waals surface area contributed by atoms with E-state index in [1.165, 1.54) is 6.07 Å². The molecule has 1 atom stereocenters. The van der Waals surface area contributed by atoms with Gasteiger partial charge < -0.3 is 10.6 Å². The summed E-state index contributed by atoms with van der Waals surface area (Å²) in [6, 6.07) is 5.14. The van der Waals surface area contributed by atoms with Gasteiger partial charge in [0.25, 0.3) is 0 Å². The van der Waals surface area contributed by atoms with Crippen LogP contribution >= 0.6 is 0 Å². The number of nitrogens with two attached hydrogens (primary N) is 1. The van der Waals surface area contributed by atoms with Crippen molar-refractivity contribution < 1.29 is 4.39 Å². The van der Waals surface area contributed by atoms with E-state index in [-0.39, 0.29) is 11.9 Å². The molecule has 1 aliphatic heterocycles. The van der Waals surface area contributed by atoms with Gasteiger partial charge in [-0.25, -0.2) is 4.39 Å². The van der Waals surface area contributed by atoms with E-state index in [0.717, 1.165) is 18.5 Å². The van der Waals surface area contributed by atoms with Gasteiger partial charge in [0.05, 0.1) is 12.6 Å². The van der Waals surface area contributed by atoms with Crippen molar-refractivity contribution in [3.05, 3.63) is 35.1 Å². The summed E-state index contributed by atoms with van der Waals surface area (Å²) in [5, 5.41) is 0. The Balaban J connectivity index is 2.30. The van der Waals surface area contributed by atoms with Gasteiger partial charge in [-0.2, -0.15) is 0 Å². The highest BCUT2D eigenvalue weighted by atomic mass is 19.1. The predicted octanol–water partition coefficient (Wildman–Crippen LogP) is 2.22. The number of nitrogens with zero attached hydrogens (tertiary/aromatic N) is 2. The van der Waals surface area contributed by atoms with E-state index < -0.39 is 0 Å². The minimum atomic E-state index is -0.174. The lowest BCUT2D eigenvalue weighted by molar-refractivity contribution is 0.338. The maximum absolute atomic E-state index is 13.8. The van der Waals surface area contributed by atoms with Crippen LogP contribution in [0.15, 0.2) is 23.2 Å². The first kappa shape index (κ1) is 11.9. The van der Waals surface area contributed by atoms with E-state index in [4.69, 9.17) is 5.73 Å². The normalized spacial score (nSPS) is 19.6. The van der Waals surface area contributed by atoms with Crippen LogP contribution in [0.1, 0.15) is 30.5 Å². The van der Waals surface area contributed by atoms with Crippen LogP contribution in [0.25, 0.3) is 0 Å². The Morgan fingerprint density at radius 3 is 3.00 bits per heavy atom. The van der Waals surface area contributed by atoms with Gasteiger partial charge in [0.1, 0.15) is 5.82 Å². The van der Waals surface area contributed by atoms with Gasteiger partial charge in [-0.15, -0.1) is 0 Å². The SMILES string of the molecule is CCCN1C(N)=NCC1c1cc(C)ccc1F. The Morgan fingerprint density at radius 2 is 2.29 bits per heavy atom. The van der Waals surface area contributed by atoms with Gasteiger partial charge in [0, 0.05) is 12.1 Å². The van der Waals surface area contributed by atoms with Gasteiger partial charge in [-0.3, -0.25) is 4.99 Å². The molecule has 2 rings (SSSR count). The second kappa shape index (κ2) is 4.73. The average molecular weight is 235 g/mol. The number of hydrogen-bond acceptors (Lipinski definition) is 3. The van der Waals surface area contributed by atoms with Crippen molar-refractivity contribution in [3.63, 3.8) is 0 Å². The van der Waals surface area contributed by atoms with Crippen molar-refractivity contribution in [3.8, 4) is 0 Å². The lowest BCUT2D eigenvalue weighted by Gasteiger charge is -2.26.